The van der Waals surface area contributed by atoms with Crippen molar-refractivity contribution in [2.24, 2.45) is 0 Å². The fourth-order valence-corrected chi connectivity index (χ4v) is 1.01. The number of aromatic nitrogens is 2. The van der Waals surface area contributed by atoms with Gasteiger partial charge in [0, 0.05) is 11.8 Å². The maximum absolute atomic E-state index is 10.6. The van der Waals surface area contributed by atoms with Crippen LogP contribution in [0.15, 0.2) is 12.4 Å². The van der Waals surface area contributed by atoms with Crippen molar-refractivity contribution in [2.45, 2.75) is 6.10 Å². The van der Waals surface area contributed by atoms with Crippen molar-refractivity contribution in [2.75, 3.05) is 6.54 Å². The Morgan fingerprint density at radius 2 is 2.64 bits per heavy atom. The molecule has 0 aliphatic carbocycles. The summed E-state index contributed by atoms with van der Waals surface area (Å²) in [6, 6.07) is 0. The van der Waals surface area contributed by atoms with Gasteiger partial charge in [0.15, 0.2) is 0 Å². The highest BCUT2D eigenvalue weighted by Gasteiger charge is 2.24. The quantitative estimate of drug-likeness (QED) is 0.605. The normalized spacial score (nSPS) is 22.9. The standard InChI is InChI=1S/C6H7N3O2/c10-6-7-3-5(11-6)4-1-8-9-2-4/h1-2,5H,3H2,(H,7,10)(H,8,9). The van der Waals surface area contributed by atoms with E-state index in [9.17, 15) is 4.79 Å². The number of alkyl carbamates (subject to hydrolysis) is 1. The van der Waals surface area contributed by atoms with E-state index < -0.39 is 0 Å². The van der Waals surface area contributed by atoms with Crippen LogP contribution < -0.4 is 5.32 Å². The minimum Gasteiger partial charge on any atom is -0.439 e. The van der Waals surface area contributed by atoms with Crippen molar-refractivity contribution in [3.05, 3.63) is 18.0 Å². The Balaban J connectivity index is 2.13. The minimum atomic E-state index is -0.365. The van der Waals surface area contributed by atoms with Gasteiger partial charge in [-0.3, -0.25) is 5.10 Å². The zero-order valence-corrected chi connectivity index (χ0v) is 5.70. The van der Waals surface area contributed by atoms with E-state index in [1.807, 2.05) is 0 Å². The summed E-state index contributed by atoms with van der Waals surface area (Å²) in [6.07, 6.45) is 2.81. The lowest BCUT2D eigenvalue weighted by molar-refractivity contribution is 0.141. The second kappa shape index (κ2) is 2.26. The van der Waals surface area contributed by atoms with Gasteiger partial charge in [0.05, 0.1) is 12.7 Å². The van der Waals surface area contributed by atoms with Crippen LogP contribution in [0, 0.1) is 0 Å². The predicted molar refractivity (Wildman–Crippen MR) is 35.8 cm³/mol. The average molecular weight is 153 g/mol. The van der Waals surface area contributed by atoms with E-state index in [-0.39, 0.29) is 12.2 Å². The Kier molecular flexibility index (Phi) is 1.28. The van der Waals surface area contributed by atoms with E-state index in [0.29, 0.717) is 6.54 Å². The van der Waals surface area contributed by atoms with Crippen molar-refractivity contribution in [1.29, 1.82) is 0 Å². The SMILES string of the molecule is O=C1NCC(c2cn[nH]c2)O1. The molecule has 58 valence electrons. The molecule has 1 aliphatic heterocycles. The fraction of sp³-hybridized carbons (Fsp3) is 0.333. The zero-order valence-electron chi connectivity index (χ0n) is 5.70. The van der Waals surface area contributed by atoms with Crippen LogP contribution in [-0.4, -0.2) is 22.8 Å². The van der Waals surface area contributed by atoms with Gasteiger partial charge in [-0.2, -0.15) is 5.10 Å². The molecular formula is C6H7N3O2. The van der Waals surface area contributed by atoms with E-state index in [1.165, 1.54) is 0 Å². The third-order valence-electron chi connectivity index (χ3n) is 1.57. The number of cyclic esters (lactones) is 1. The van der Waals surface area contributed by atoms with E-state index >= 15 is 0 Å². The molecule has 0 radical (unpaired) electrons. The summed E-state index contributed by atoms with van der Waals surface area (Å²) < 4.78 is 4.90. The molecule has 0 aromatic carbocycles. The third kappa shape index (κ3) is 1.04. The highest BCUT2D eigenvalue weighted by Crippen LogP contribution is 2.18. The van der Waals surface area contributed by atoms with Crippen LogP contribution in [0.1, 0.15) is 11.7 Å². The molecule has 5 nitrogen and oxygen atoms in total. The Hall–Kier alpha value is -1.52. The van der Waals surface area contributed by atoms with Gasteiger partial charge in [0.2, 0.25) is 0 Å². The molecule has 1 aliphatic rings. The number of nitrogens with zero attached hydrogens (tertiary/aromatic N) is 1. The second-order valence-electron chi connectivity index (χ2n) is 2.31. The van der Waals surface area contributed by atoms with Crippen LogP contribution >= 0.6 is 0 Å². The Bertz CT molecular complexity index is 257. The number of aromatic amines is 1. The smallest absolute Gasteiger partial charge is 0.407 e. The van der Waals surface area contributed by atoms with Crippen molar-refractivity contribution in [3.63, 3.8) is 0 Å². The van der Waals surface area contributed by atoms with Gasteiger partial charge < -0.3 is 10.1 Å². The molecule has 1 aromatic heterocycles. The molecule has 0 saturated carbocycles. The summed E-state index contributed by atoms with van der Waals surface area (Å²) in [5, 5.41) is 8.96. The molecule has 2 heterocycles. The van der Waals surface area contributed by atoms with Gasteiger partial charge >= 0.3 is 6.09 Å². The summed E-state index contributed by atoms with van der Waals surface area (Å²) in [4.78, 5) is 10.6. The van der Waals surface area contributed by atoms with Crippen molar-refractivity contribution in [1.82, 2.24) is 15.5 Å². The molecule has 1 amide bonds. The summed E-state index contributed by atoms with van der Waals surface area (Å²) in [5.41, 5.74) is 0.892. The molecule has 0 bridgehead atoms. The van der Waals surface area contributed by atoms with Gasteiger partial charge in [-0.25, -0.2) is 4.79 Å². The first-order valence-electron chi connectivity index (χ1n) is 3.29. The highest BCUT2D eigenvalue weighted by molar-refractivity contribution is 5.69. The van der Waals surface area contributed by atoms with Gasteiger partial charge in [0.1, 0.15) is 6.10 Å². The summed E-state index contributed by atoms with van der Waals surface area (Å²) in [5.74, 6) is 0. The Morgan fingerprint density at radius 3 is 3.18 bits per heavy atom. The first-order chi connectivity index (χ1) is 5.36. The van der Waals surface area contributed by atoms with E-state index in [1.54, 1.807) is 12.4 Å². The Morgan fingerprint density at radius 1 is 1.73 bits per heavy atom. The Labute approximate surface area is 62.7 Å². The van der Waals surface area contributed by atoms with Crippen LogP contribution in [0.25, 0.3) is 0 Å². The predicted octanol–water partition coefficient (Wildman–Crippen LogP) is 0.191. The molecule has 11 heavy (non-hydrogen) atoms. The highest BCUT2D eigenvalue weighted by atomic mass is 16.6. The minimum absolute atomic E-state index is 0.179. The third-order valence-corrected chi connectivity index (χ3v) is 1.57. The van der Waals surface area contributed by atoms with Gasteiger partial charge in [-0.15, -0.1) is 0 Å². The van der Waals surface area contributed by atoms with Crippen LogP contribution in [0.2, 0.25) is 0 Å². The largest absolute Gasteiger partial charge is 0.439 e. The summed E-state index contributed by atoms with van der Waals surface area (Å²) >= 11 is 0. The maximum atomic E-state index is 10.6. The molecule has 2 N–H and O–H groups in total. The van der Waals surface area contributed by atoms with Gasteiger partial charge in [-0.05, 0) is 0 Å². The number of rotatable bonds is 1. The van der Waals surface area contributed by atoms with E-state index in [2.05, 4.69) is 15.5 Å². The average Bonchev–Trinajstić information content (AvgIpc) is 2.55. The topological polar surface area (TPSA) is 67.0 Å². The van der Waals surface area contributed by atoms with Crippen LogP contribution in [-0.2, 0) is 4.74 Å². The van der Waals surface area contributed by atoms with Gasteiger partial charge in [0.25, 0.3) is 0 Å². The number of carbonyl (C=O) groups is 1. The molecule has 1 unspecified atom stereocenters. The van der Waals surface area contributed by atoms with Crippen molar-refractivity contribution in [3.8, 4) is 0 Å². The monoisotopic (exact) mass is 153 g/mol. The lowest BCUT2D eigenvalue weighted by Crippen LogP contribution is -2.12. The first kappa shape index (κ1) is 6.21. The molecule has 1 atom stereocenters. The maximum Gasteiger partial charge on any atom is 0.407 e. The second-order valence-corrected chi connectivity index (χ2v) is 2.31. The summed E-state index contributed by atoms with van der Waals surface area (Å²) in [7, 11) is 0. The van der Waals surface area contributed by atoms with Crippen LogP contribution in [0.3, 0.4) is 0 Å². The number of amides is 1. The fourth-order valence-electron chi connectivity index (χ4n) is 1.01. The molecule has 1 saturated heterocycles. The number of nitrogens with one attached hydrogen (secondary N) is 2. The van der Waals surface area contributed by atoms with Crippen molar-refractivity contribution < 1.29 is 9.53 Å². The number of hydrogen-bond acceptors (Lipinski definition) is 3. The van der Waals surface area contributed by atoms with Crippen LogP contribution in [0.4, 0.5) is 4.79 Å². The first-order valence-corrected chi connectivity index (χ1v) is 3.29. The zero-order chi connectivity index (χ0) is 7.68. The number of hydrogen-bond donors (Lipinski definition) is 2. The van der Waals surface area contributed by atoms with Crippen LogP contribution in [0.5, 0.6) is 0 Å². The summed E-state index contributed by atoms with van der Waals surface area (Å²) in [6.45, 7) is 0.526. The van der Waals surface area contributed by atoms with E-state index in [0.717, 1.165) is 5.56 Å². The number of carbonyl (C=O) groups excluding carboxylic acids is 1. The molecule has 1 fully saturated rings. The lowest BCUT2D eigenvalue weighted by atomic mass is 10.2. The molecule has 1 aromatic rings. The molecule has 5 heteroatoms. The molecule has 2 rings (SSSR count). The lowest BCUT2D eigenvalue weighted by Gasteiger charge is -2.01. The van der Waals surface area contributed by atoms with E-state index in [4.69, 9.17) is 4.74 Å². The van der Waals surface area contributed by atoms with Crippen molar-refractivity contribution >= 4 is 6.09 Å². The number of H-pyrrole nitrogens is 1. The van der Waals surface area contributed by atoms with Gasteiger partial charge in [-0.1, -0.05) is 0 Å². The molecule has 0 spiro atoms. The molecular weight excluding hydrogens is 146 g/mol. The number of ether oxygens (including phenoxy) is 1.